The molecule has 0 fully saturated rings. The third kappa shape index (κ3) is 4.09. The average molecular weight is 318 g/mol. The monoisotopic (exact) mass is 318 g/mol. The van der Waals surface area contributed by atoms with Gasteiger partial charge in [0.1, 0.15) is 17.5 Å². The fraction of sp³-hybridized carbons (Fsp3) is 0.312. The van der Waals surface area contributed by atoms with Gasteiger partial charge in [0.05, 0.1) is 6.61 Å². The Balaban J connectivity index is 2.06. The number of ether oxygens (including phenoxy) is 2. The van der Waals surface area contributed by atoms with Crippen LogP contribution in [0.2, 0.25) is 0 Å². The molecule has 1 heterocycles. The molecule has 0 aliphatic rings. The number of nitrogens with zero attached hydrogens (tertiary/aromatic N) is 1. The van der Waals surface area contributed by atoms with Gasteiger partial charge in [-0.3, -0.25) is 5.32 Å². The first-order chi connectivity index (χ1) is 11.0. The van der Waals surface area contributed by atoms with Crippen LogP contribution in [0, 0.1) is 6.92 Å². The van der Waals surface area contributed by atoms with E-state index in [-0.39, 0.29) is 18.1 Å². The fourth-order valence-corrected chi connectivity index (χ4v) is 1.94. The van der Waals surface area contributed by atoms with Crippen LogP contribution in [-0.4, -0.2) is 23.8 Å². The van der Waals surface area contributed by atoms with Crippen LogP contribution in [0.25, 0.3) is 0 Å². The van der Waals surface area contributed by atoms with Gasteiger partial charge in [-0.25, -0.2) is 9.59 Å². The Hall–Kier alpha value is -2.83. The Morgan fingerprint density at radius 2 is 2.00 bits per heavy atom. The first-order valence-electron chi connectivity index (χ1n) is 7.18. The largest absolute Gasteiger partial charge is 0.460 e. The summed E-state index contributed by atoms with van der Waals surface area (Å²) in [6, 6.07) is 9.30. The molecular weight excluding hydrogens is 300 g/mol. The van der Waals surface area contributed by atoms with Gasteiger partial charge in [-0.05, 0) is 26.3 Å². The van der Waals surface area contributed by atoms with E-state index >= 15 is 0 Å². The number of amides is 1. The second kappa shape index (κ2) is 7.44. The van der Waals surface area contributed by atoms with Crippen molar-refractivity contribution in [2.24, 2.45) is 0 Å². The van der Waals surface area contributed by atoms with Crippen molar-refractivity contribution in [1.82, 2.24) is 5.16 Å². The van der Waals surface area contributed by atoms with Gasteiger partial charge in [-0.2, -0.15) is 0 Å². The lowest BCUT2D eigenvalue weighted by atomic mass is 10.1. The van der Waals surface area contributed by atoms with Gasteiger partial charge in [0.15, 0.2) is 0 Å². The van der Waals surface area contributed by atoms with E-state index in [1.54, 1.807) is 20.8 Å². The number of carbonyl (C=O) groups excluding carboxylic acids is 2. The lowest BCUT2D eigenvalue weighted by molar-refractivity contribution is 0.0481. The summed E-state index contributed by atoms with van der Waals surface area (Å²) in [5.74, 6) is -0.854. The molecule has 0 bridgehead atoms. The quantitative estimate of drug-likeness (QED) is 0.849. The zero-order chi connectivity index (χ0) is 16.8. The van der Waals surface area contributed by atoms with Crippen molar-refractivity contribution in [2.45, 2.75) is 26.9 Å². The summed E-state index contributed by atoms with van der Waals surface area (Å²) >= 11 is 0. The van der Waals surface area contributed by atoms with Crippen LogP contribution in [-0.2, 0) is 9.47 Å². The molecule has 23 heavy (non-hydrogen) atoms. The van der Waals surface area contributed by atoms with Crippen molar-refractivity contribution in [2.75, 3.05) is 11.9 Å². The first kappa shape index (κ1) is 16.5. The highest BCUT2D eigenvalue weighted by Gasteiger charge is 2.24. The summed E-state index contributed by atoms with van der Waals surface area (Å²) in [6.07, 6.45) is -1.15. The topological polar surface area (TPSA) is 90.7 Å². The number of benzene rings is 1. The Morgan fingerprint density at radius 1 is 1.30 bits per heavy atom. The number of esters is 1. The van der Waals surface area contributed by atoms with Crippen LogP contribution in [0.4, 0.5) is 10.5 Å². The van der Waals surface area contributed by atoms with E-state index < -0.39 is 18.2 Å². The van der Waals surface area contributed by atoms with Gasteiger partial charge in [-0.15, -0.1) is 0 Å². The number of rotatable bonds is 5. The van der Waals surface area contributed by atoms with E-state index in [1.807, 2.05) is 30.3 Å². The maximum atomic E-state index is 12.0. The minimum Gasteiger partial charge on any atom is -0.460 e. The molecule has 0 aliphatic carbocycles. The highest BCUT2D eigenvalue weighted by Crippen LogP contribution is 2.23. The average Bonchev–Trinajstić information content (AvgIpc) is 2.89. The van der Waals surface area contributed by atoms with Crippen molar-refractivity contribution in [3.8, 4) is 0 Å². The molecule has 2 rings (SSSR count). The van der Waals surface area contributed by atoms with Crippen LogP contribution >= 0.6 is 0 Å². The van der Waals surface area contributed by atoms with Gasteiger partial charge < -0.3 is 14.0 Å². The summed E-state index contributed by atoms with van der Waals surface area (Å²) in [5.41, 5.74) is 1.36. The SMILES string of the molecule is CCOC(=O)c1onc(C)c1NC(=O)OC(C)c1ccccc1. The normalized spacial score (nSPS) is 11.6. The molecule has 0 spiro atoms. The molecular formula is C16H18N2O5. The van der Waals surface area contributed by atoms with Gasteiger partial charge in [0.25, 0.3) is 5.76 Å². The molecule has 0 aliphatic heterocycles. The Bertz CT molecular complexity index is 681. The molecule has 1 N–H and O–H groups in total. The predicted molar refractivity (Wildman–Crippen MR) is 82.2 cm³/mol. The number of hydrogen-bond acceptors (Lipinski definition) is 6. The van der Waals surface area contributed by atoms with E-state index in [0.717, 1.165) is 5.56 Å². The van der Waals surface area contributed by atoms with Crippen LogP contribution in [0.15, 0.2) is 34.9 Å². The van der Waals surface area contributed by atoms with Crippen LogP contribution < -0.4 is 5.32 Å². The van der Waals surface area contributed by atoms with E-state index in [4.69, 9.17) is 14.0 Å². The second-order valence-corrected chi connectivity index (χ2v) is 4.78. The molecule has 7 heteroatoms. The molecule has 1 amide bonds. The highest BCUT2D eigenvalue weighted by molar-refractivity contribution is 5.97. The summed E-state index contributed by atoms with van der Waals surface area (Å²) in [5, 5.41) is 6.14. The second-order valence-electron chi connectivity index (χ2n) is 4.78. The molecule has 1 aromatic carbocycles. The predicted octanol–water partition coefficient (Wildman–Crippen LogP) is 3.47. The molecule has 122 valence electrons. The van der Waals surface area contributed by atoms with E-state index in [1.165, 1.54) is 0 Å². The standard InChI is InChI=1S/C16H18N2O5/c1-4-21-15(19)14-13(10(2)18-23-14)17-16(20)22-11(3)12-8-6-5-7-9-12/h5-9,11H,4H2,1-3H3,(H,17,20). The lowest BCUT2D eigenvalue weighted by Crippen LogP contribution is -2.18. The summed E-state index contributed by atoms with van der Waals surface area (Å²) in [7, 11) is 0. The summed E-state index contributed by atoms with van der Waals surface area (Å²) < 4.78 is 15.0. The molecule has 0 saturated carbocycles. The third-order valence-corrected chi connectivity index (χ3v) is 3.10. The van der Waals surface area contributed by atoms with Crippen molar-refractivity contribution in [1.29, 1.82) is 0 Å². The molecule has 7 nitrogen and oxygen atoms in total. The Morgan fingerprint density at radius 3 is 2.65 bits per heavy atom. The lowest BCUT2D eigenvalue weighted by Gasteiger charge is -2.14. The van der Waals surface area contributed by atoms with Crippen LogP contribution in [0.3, 0.4) is 0 Å². The summed E-state index contributed by atoms with van der Waals surface area (Å²) in [6.45, 7) is 5.21. The molecule has 1 atom stereocenters. The number of anilines is 1. The molecule has 1 aromatic heterocycles. The molecule has 0 radical (unpaired) electrons. The third-order valence-electron chi connectivity index (χ3n) is 3.10. The number of hydrogen-bond donors (Lipinski definition) is 1. The minimum absolute atomic E-state index is 0.147. The van der Waals surface area contributed by atoms with Crippen LogP contribution in [0.5, 0.6) is 0 Å². The smallest absolute Gasteiger partial charge is 0.412 e. The maximum absolute atomic E-state index is 12.0. The molecule has 1 unspecified atom stereocenters. The number of carbonyl (C=O) groups is 2. The van der Waals surface area contributed by atoms with Gasteiger partial charge in [0.2, 0.25) is 0 Å². The van der Waals surface area contributed by atoms with E-state index in [0.29, 0.717) is 5.69 Å². The number of aromatic nitrogens is 1. The van der Waals surface area contributed by atoms with Crippen molar-refractivity contribution in [3.63, 3.8) is 0 Å². The minimum atomic E-state index is -0.710. The highest BCUT2D eigenvalue weighted by atomic mass is 16.6. The van der Waals surface area contributed by atoms with Gasteiger partial charge in [-0.1, -0.05) is 35.5 Å². The zero-order valence-electron chi connectivity index (χ0n) is 13.2. The first-order valence-corrected chi connectivity index (χ1v) is 7.18. The Labute approximate surface area is 133 Å². The molecule has 0 saturated heterocycles. The van der Waals surface area contributed by atoms with E-state index in [2.05, 4.69) is 10.5 Å². The fourth-order valence-electron chi connectivity index (χ4n) is 1.94. The van der Waals surface area contributed by atoms with Crippen molar-refractivity contribution < 1.29 is 23.6 Å². The number of aryl methyl sites for hydroxylation is 1. The van der Waals surface area contributed by atoms with Crippen molar-refractivity contribution in [3.05, 3.63) is 47.3 Å². The van der Waals surface area contributed by atoms with Gasteiger partial charge >= 0.3 is 12.1 Å². The van der Waals surface area contributed by atoms with E-state index in [9.17, 15) is 9.59 Å². The number of nitrogens with one attached hydrogen (secondary N) is 1. The maximum Gasteiger partial charge on any atom is 0.412 e. The molecule has 2 aromatic rings. The van der Waals surface area contributed by atoms with Crippen molar-refractivity contribution >= 4 is 17.7 Å². The van der Waals surface area contributed by atoms with Crippen LogP contribution in [0.1, 0.15) is 41.8 Å². The Kier molecular flexibility index (Phi) is 5.35. The zero-order valence-corrected chi connectivity index (χ0v) is 13.2. The summed E-state index contributed by atoms with van der Waals surface area (Å²) in [4.78, 5) is 23.8. The van der Waals surface area contributed by atoms with Gasteiger partial charge in [0, 0.05) is 0 Å².